The van der Waals surface area contributed by atoms with E-state index >= 15 is 0 Å². The van der Waals surface area contributed by atoms with Gasteiger partial charge >= 0.3 is 0 Å². The van der Waals surface area contributed by atoms with E-state index in [4.69, 9.17) is 0 Å². The highest BCUT2D eigenvalue weighted by Crippen LogP contribution is 2.34. The molecular formula is C12H18N2OS2. The number of nitrogens with zero attached hydrogens (tertiary/aromatic N) is 2. The molecule has 1 aromatic heterocycles. The van der Waals surface area contributed by atoms with Crippen LogP contribution in [0.4, 0.5) is 0 Å². The Morgan fingerprint density at radius 2 is 2.29 bits per heavy atom. The highest BCUT2D eigenvalue weighted by Gasteiger charge is 2.30. The van der Waals surface area contributed by atoms with Crippen molar-refractivity contribution in [2.75, 3.05) is 11.5 Å². The normalized spacial score (nSPS) is 24.8. The third-order valence-electron chi connectivity index (χ3n) is 2.89. The lowest BCUT2D eigenvalue weighted by molar-refractivity contribution is -0.118. The van der Waals surface area contributed by atoms with E-state index in [1.807, 2.05) is 42.8 Å². The maximum Gasteiger partial charge on any atom is 0.152 e. The molecule has 0 bridgehead atoms. The van der Waals surface area contributed by atoms with Gasteiger partial charge in [-0.3, -0.25) is 9.48 Å². The number of ketones is 1. The Hall–Kier alpha value is -0.420. The smallest absolute Gasteiger partial charge is 0.152 e. The Morgan fingerprint density at radius 3 is 2.94 bits per heavy atom. The first-order valence-corrected chi connectivity index (χ1v) is 8.05. The van der Waals surface area contributed by atoms with Gasteiger partial charge < -0.3 is 0 Å². The first kappa shape index (κ1) is 13.0. The van der Waals surface area contributed by atoms with E-state index in [1.54, 1.807) is 4.68 Å². The van der Waals surface area contributed by atoms with E-state index in [1.165, 1.54) is 5.75 Å². The van der Waals surface area contributed by atoms with Gasteiger partial charge in [0, 0.05) is 30.0 Å². The molecule has 1 aliphatic rings. The molecule has 3 nitrogen and oxygen atoms in total. The molecule has 0 N–H and O–H groups in total. The topological polar surface area (TPSA) is 34.9 Å². The van der Waals surface area contributed by atoms with Gasteiger partial charge in [-0.2, -0.15) is 16.9 Å². The van der Waals surface area contributed by atoms with Crippen molar-refractivity contribution in [3.05, 3.63) is 18.0 Å². The zero-order valence-electron chi connectivity index (χ0n) is 10.3. The van der Waals surface area contributed by atoms with Crippen molar-refractivity contribution in [3.63, 3.8) is 0 Å². The molecule has 1 saturated heterocycles. The van der Waals surface area contributed by atoms with Crippen LogP contribution in [0.1, 0.15) is 19.0 Å². The van der Waals surface area contributed by atoms with Gasteiger partial charge in [-0.25, -0.2) is 0 Å². The number of Topliss-reactive ketones (excluding diaryl/α,β-unsaturated/α-hetero) is 1. The number of hydrogen-bond donors (Lipinski definition) is 0. The van der Waals surface area contributed by atoms with Crippen LogP contribution in [-0.4, -0.2) is 37.6 Å². The quantitative estimate of drug-likeness (QED) is 0.840. The van der Waals surface area contributed by atoms with Crippen molar-refractivity contribution in [3.8, 4) is 0 Å². The summed E-state index contributed by atoms with van der Waals surface area (Å²) in [7, 11) is 1.88. The predicted molar refractivity (Wildman–Crippen MR) is 74.7 cm³/mol. The van der Waals surface area contributed by atoms with Crippen LogP contribution < -0.4 is 0 Å². The first-order chi connectivity index (χ1) is 8.20. The summed E-state index contributed by atoms with van der Waals surface area (Å²) >= 11 is 3.77. The monoisotopic (exact) mass is 270 g/mol. The third kappa shape index (κ3) is 3.28. The standard InChI is InChI=1S/C12H18N2OS2/c1-3-11-12(17-7-6-16-11)10(15)8-9-4-5-14(2)13-9/h4-5,11-12H,3,6-8H2,1-2H3. The number of rotatable bonds is 4. The lowest BCUT2D eigenvalue weighted by Gasteiger charge is -2.28. The average molecular weight is 270 g/mol. The summed E-state index contributed by atoms with van der Waals surface area (Å²) < 4.78 is 1.75. The molecule has 0 aliphatic carbocycles. The molecule has 0 spiro atoms. The number of carbonyl (C=O) groups excluding carboxylic acids is 1. The van der Waals surface area contributed by atoms with Crippen LogP contribution in [0.5, 0.6) is 0 Å². The van der Waals surface area contributed by atoms with E-state index in [2.05, 4.69) is 12.0 Å². The van der Waals surface area contributed by atoms with Crippen LogP contribution in [-0.2, 0) is 18.3 Å². The van der Waals surface area contributed by atoms with Gasteiger partial charge in [-0.15, -0.1) is 11.8 Å². The second-order valence-corrected chi connectivity index (χ2v) is 6.83. The van der Waals surface area contributed by atoms with Crippen LogP contribution in [0.15, 0.2) is 12.3 Å². The molecule has 1 aliphatic heterocycles. The third-order valence-corrected chi connectivity index (χ3v) is 6.19. The molecule has 2 heterocycles. The molecule has 17 heavy (non-hydrogen) atoms. The van der Waals surface area contributed by atoms with E-state index < -0.39 is 0 Å². The summed E-state index contributed by atoms with van der Waals surface area (Å²) in [6.45, 7) is 2.17. The van der Waals surface area contributed by atoms with Gasteiger partial charge in [0.1, 0.15) is 0 Å². The second kappa shape index (κ2) is 5.96. The van der Waals surface area contributed by atoms with E-state index in [9.17, 15) is 4.79 Å². The van der Waals surface area contributed by atoms with Crippen molar-refractivity contribution in [1.82, 2.24) is 9.78 Å². The van der Waals surface area contributed by atoms with Crippen LogP contribution in [0.2, 0.25) is 0 Å². The van der Waals surface area contributed by atoms with Crippen LogP contribution in [0.3, 0.4) is 0 Å². The molecule has 2 rings (SSSR count). The van der Waals surface area contributed by atoms with Gasteiger partial charge in [-0.05, 0) is 12.5 Å². The van der Waals surface area contributed by atoms with Gasteiger partial charge in [0.15, 0.2) is 5.78 Å². The highest BCUT2D eigenvalue weighted by molar-refractivity contribution is 8.07. The zero-order valence-corrected chi connectivity index (χ0v) is 11.9. The summed E-state index contributed by atoms with van der Waals surface area (Å²) in [5.41, 5.74) is 0.892. The summed E-state index contributed by atoms with van der Waals surface area (Å²) in [6, 6.07) is 1.93. The number of aryl methyl sites for hydroxylation is 1. The van der Waals surface area contributed by atoms with Crippen LogP contribution in [0.25, 0.3) is 0 Å². The average Bonchev–Trinajstić information content (AvgIpc) is 2.74. The Balaban J connectivity index is 1.98. The minimum atomic E-state index is 0.167. The Morgan fingerprint density at radius 1 is 1.53 bits per heavy atom. The Labute approximate surface area is 111 Å². The van der Waals surface area contributed by atoms with Gasteiger partial charge in [-0.1, -0.05) is 6.92 Å². The molecule has 94 valence electrons. The number of hydrogen-bond acceptors (Lipinski definition) is 4. The maximum atomic E-state index is 12.3. The maximum absolute atomic E-state index is 12.3. The predicted octanol–water partition coefficient (Wildman–Crippen LogP) is 2.16. The van der Waals surface area contributed by atoms with Crippen molar-refractivity contribution in [2.45, 2.75) is 30.3 Å². The molecule has 1 aromatic rings. The lowest BCUT2D eigenvalue weighted by Crippen LogP contribution is -2.33. The fourth-order valence-corrected chi connectivity index (χ4v) is 5.07. The number of thioether (sulfide) groups is 2. The fraction of sp³-hybridized carbons (Fsp3) is 0.667. The largest absolute Gasteiger partial charge is 0.298 e. The summed E-state index contributed by atoms with van der Waals surface area (Å²) in [4.78, 5) is 12.3. The van der Waals surface area contributed by atoms with E-state index in [0.29, 0.717) is 17.5 Å². The van der Waals surface area contributed by atoms with Crippen molar-refractivity contribution >= 4 is 29.3 Å². The Kier molecular flexibility index (Phi) is 4.56. The molecule has 0 radical (unpaired) electrons. The minimum Gasteiger partial charge on any atom is -0.298 e. The molecule has 2 atom stereocenters. The van der Waals surface area contributed by atoms with Gasteiger partial charge in [0.05, 0.1) is 17.4 Å². The second-order valence-electron chi connectivity index (χ2n) is 4.23. The van der Waals surface area contributed by atoms with Crippen molar-refractivity contribution < 1.29 is 4.79 Å². The zero-order chi connectivity index (χ0) is 12.3. The molecule has 1 fully saturated rings. The number of carbonyl (C=O) groups is 1. The van der Waals surface area contributed by atoms with E-state index in [-0.39, 0.29) is 5.25 Å². The minimum absolute atomic E-state index is 0.167. The molecule has 0 saturated carbocycles. The molecular weight excluding hydrogens is 252 g/mol. The SMILES string of the molecule is CCC1SCCSC1C(=O)Cc1ccn(C)n1. The number of aromatic nitrogens is 2. The summed E-state index contributed by atoms with van der Waals surface area (Å²) in [5, 5.41) is 4.93. The fourth-order valence-electron chi connectivity index (χ4n) is 2.04. The highest BCUT2D eigenvalue weighted by atomic mass is 32.2. The van der Waals surface area contributed by atoms with Gasteiger partial charge in [0.25, 0.3) is 0 Å². The molecule has 0 amide bonds. The van der Waals surface area contributed by atoms with Crippen LogP contribution in [0, 0.1) is 0 Å². The van der Waals surface area contributed by atoms with Gasteiger partial charge in [0.2, 0.25) is 0 Å². The molecule has 0 aromatic carbocycles. The molecule has 5 heteroatoms. The van der Waals surface area contributed by atoms with Crippen LogP contribution >= 0.6 is 23.5 Å². The molecule has 2 unspecified atom stereocenters. The first-order valence-electron chi connectivity index (χ1n) is 5.95. The van der Waals surface area contributed by atoms with Crippen molar-refractivity contribution in [2.24, 2.45) is 7.05 Å². The van der Waals surface area contributed by atoms with Crippen molar-refractivity contribution in [1.29, 1.82) is 0 Å². The summed E-state index contributed by atoms with van der Waals surface area (Å²) in [6.07, 6.45) is 3.45. The van der Waals surface area contributed by atoms with E-state index in [0.717, 1.165) is 17.9 Å². The Bertz CT molecular complexity index is 392. The summed E-state index contributed by atoms with van der Waals surface area (Å²) in [5.74, 6) is 2.61. The lowest BCUT2D eigenvalue weighted by atomic mass is 10.1.